The lowest BCUT2D eigenvalue weighted by Gasteiger charge is -2.11. The minimum absolute atomic E-state index is 0.584. The van der Waals surface area contributed by atoms with Crippen LogP contribution in [0.3, 0.4) is 0 Å². The molecule has 0 amide bonds. The van der Waals surface area contributed by atoms with Gasteiger partial charge in [0.05, 0.1) is 0 Å². The summed E-state index contributed by atoms with van der Waals surface area (Å²) in [6.45, 7) is 6.59. The molecular formula is C17H22N2. The molecule has 0 saturated heterocycles. The number of benzene rings is 2. The Morgan fingerprint density at radius 3 is 2.16 bits per heavy atom. The van der Waals surface area contributed by atoms with Crippen LogP contribution in [0.2, 0.25) is 0 Å². The molecule has 0 spiro atoms. The molecule has 0 unspecified atom stereocenters. The van der Waals surface area contributed by atoms with Crippen molar-refractivity contribution in [2.75, 3.05) is 5.32 Å². The molecular weight excluding hydrogens is 232 g/mol. The van der Waals surface area contributed by atoms with Crippen molar-refractivity contribution < 1.29 is 0 Å². The van der Waals surface area contributed by atoms with Crippen LogP contribution in [-0.2, 0) is 6.54 Å². The first-order chi connectivity index (χ1) is 9.27. The van der Waals surface area contributed by atoms with E-state index in [0.717, 1.165) is 17.8 Å². The quantitative estimate of drug-likeness (QED) is 0.761. The standard InChI is InChI=1S/C15H16N2.C2H6/c1-12(16)14-9-5-6-10-15(14)17-11-13-7-3-2-4-8-13;1-2/h2-10,16-17H,11H2,1H3;1-2H3. The zero-order valence-electron chi connectivity index (χ0n) is 11.9. The van der Waals surface area contributed by atoms with Crippen molar-refractivity contribution in [3.63, 3.8) is 0 Å². The van der Waals surface area contributed by atoms with Crippen LogP contribution in [0.25, 0.3) is 0 Å². The topological polar surface area (TPSA) is 35.9 Å². The second kappa shape index (κ2) is 8.09. The van der Waals surface area contributed by atoms with Gasteiger partial charge < -0.3 is 10.7 Å². The Balaban J connectivity index is 0.000000861. The molecule has 0 aliphatic rings. The molecule has 0 aromatic heterocycles. The molecule has 0 bridgehead atoms. The van der Waals surface area contributed by atoms with Gasteiger partial charge in [0.15, 0.2) is 0 Å². The predicted molar refractivity (Wildman–Crippen MR) is 84.1 cm³/mol. The predicted octanol–water partition coefficient (Wildman–Crippen LogP) is 4.71. The van der Waals surface area contributed by atoms with Crippen LogP contribution in [0.1, 0.15) is 31.9 Å². The lowest BCUT2D eigenvalue weighted by atomic mass is 10.1. The highest BCUT2D eigenvalue weighted by molar-refractivity contribution is 6.01. The number of nitrogens with one attached hydrogen (secondary N) is 2. The van der Waals surface area contributed by atoms with Gasteiger partial charge in [0.1, 0.15) is 0 Å². The molecule has 2 N–H and O–H groups in total. The summed E-state index contributed by atoms with van der Waals surface area (Å²) in [5.41, 5.74) is 3.80. The number of para-hydroxylation sites is 1. The molecule has 0 atom stereocenters. The van der Waals surface area contributed by atoms with E-state index in [1.54, 1.807) is 0 Å². The van der Waals surface area contributed by atoms with Crippen molar-refractivity contribution in [2.24, 2.45) is 0 Å². The Bertz CT molecular complexity index is 504. The van der Waals surface area contributed by atoms with Gasteiger partial charge >= 0.3 is 0 Å². The summed E-state index contributed by atoms with van der Waals surface area (Å²) in [5.74, 6) is 0. The van der Waals surface area contributed by atoms with E-state index in [1.807, 2.05) is 63.2 Å². The zero-order valence-corrected chi connectivity index (χ0v) is 11.9. The lowest BCUT2D eigenvalue weighted by molar-refractivity contribution is 1.15. The van der Waals surface area contributed by atoms with Gasteiger partial charge in [0, 0.05) is 23.5 Å². The number of anilines is 1. The minimum Gasteiger partial charge on any atom is -0.380 e. The first-order valence-electron chi connectivity index (χ1n) is 6.70. The van der Waals surface area contributed by atoms with E-state index in [0.29, 0.717) is 5.71 Å². The van der Waals surface area contributed by atoms with Gasteiger partial charge in [0.2, 0.25) is 0 Å². The van der Waals surface area contributed by atoms with Gasteiger partial charge in [-0.25, -0.2) is 0 Å². The molecule has 2 nitrogen and oxygen atoms in total. The van der Waals surface area contributed by atoms with Gasteiger partial charge in [-0.2, -0.15) is 0 Å². The molecule has 2 heteroatoms. The normalized spacial score (nSPS) is 9.21. The molecule has 0 aliphatic carbocycles. The molecule has 0 fully saturated rings. The third-order valence-corrected chi connectivity index (χ3v) is 2.66. The number of rotatable bonds is 4. The fraction of sp³-hybridized carbons (Fsp3) is 0.235. The molecule has 0 radical (unpaired) electrons. The van der Waals surface area contributed by atoms with E-state index in [9.17, 15) is 0 Å². The van der Waals surface area contributed by atoms with Gasteiger partial charge in [-0.05, 0) is 18.6 Å². The van der Waals surface area contributed by atoms with E-state index in [-0.39, 0.29) is 0 Å². The van der Waals surface area contributed by atoms with Crippen molar-refractivity contribution in [1.82, 2.24) is 0 Å². The van der Waals surface area contributed by atoms with E-state index < -0.39 is 0 Å². The summed E-state index contributed by atoms with van der Waals surface area (Å²) in [5, 5.41) is 11.1. The maximum atomic E-state index is 7.72. The smallest absolute Gasteiger partial charge is 0.0434 e. The van der Waals surface area contributed by atoms with Crippen LogP contribution >= 0.6 is 0 Å². The van der Waals surface area contributed by atoms with Crippen LogP contribution in [-0.4, -0.2) is 5.71 Å². The van der Waals surface area contributed by atoms with Crippen molar-refractivity contribution in [2.45, 2.75) is 27.3 Å². The van der Waals surface area contributed by atoms with E-state index in [2.05, 4.69) is 17.4 Å². The molecule has 2 aromatic rings. The highest BCUT2D eigenvalue weighted by atomic mass is 14.9. The summed E-state index contributed by atoms with van der Waals surface area (Å²) in [4.78, 5) is 0. The second-order valence-corrected chi connectivity index (χ2v) is 4.01. The van der Waals surface area contributed by atoms with Crippen molar-refractivity contribution >= 4 is 11.4 Å². The molecule has 2 aromatic carbocycles. The van der Waals surface area contributed by atoms with Gasteiger partial charge in [-0.3, -0.25) is 0 Å². The summed E-state index contributed by atoms with van der Waals surface area (Å²) in [6.07, 6.45) is 0. The number of hydrogen-bond donors (Lipinski definition) is 2. The highest BCUT2D eigenvalue weighted by Gasteiger charge is 2.02. The van der Waals surface area contributed by atoms with E-state index in [4.69, 9.17) is 5.41 Å². The molecule has 100 valence electrons. The van der Waals surface area contributed by atoms with Crippen molar-refractivity contribution in [3.05, 3.63) is 65.7 Å². The van der Waals surface area contributed by atoms with Crippen molar-refractivity contribution in [3.8, 4) is 0 Å². The van der Waals surface area contributed by atoms with Crippen LogP contribution in [0.4, 0.5) is 5.69 Å². The van der Waals surface area contributed by atoms with Crippen LogP contribution in [0, 0.1) is 5.41 Å². The van der Waals surface area contributed by atoms with E-state index in [1.165, 1.54) is 5.56 Å². The fourth-order valence-electron chi connectivity index (χ4n) is 1.76. The summed E-state index contributed by atoms with van der Waals surface area (Å²) in [6, 6.07) is 18.2. The third kappa shape index (κ3) is 4.59. The summed E-state index contributed by atoms with van der Waals surface area (Å²) in [7, 11) is 0. The average Bonchev–Trinajstić information content (AvgIpc) is 2.48. The minimum atomic E-state index is 0.584. The van der Waals surface area contributed by atoms with Crippen molar-refractivity contribution in [1.29, 1.82) is 5.41 Å². The lowest BCUT2D eigenvalue weighted by Crippen LogP contribution is -2.04. The largest absolute Gasteiger partial charge is 0.380 e. The summed E-state index contributed by atoms with van der Waals surface area (Å²) < 4.78 is 0. The van der Waals surface area contributed by atoms with Gasteiger partial charge in [-0.1, -0.05) is 62.4 Å². The second-order valence-electron chi connectivity index (χ2n) is 4.01. The Kier molecular flexibility index (Phi) is 6.37. The third-order valence-electron chi connectivity index (χ3n) is 2.66. The summed E-state index contributed by atoms with van der Waals surface area (Å²) >= 11 is 0. The Morgan fingerprint density at radius 2 is 1.53 bits per heavy atom. The maximum Gasteiger partial charge on any atom is 0.0434 e. The Morgan fingerprint density at radius 1 is 0.947 bits per heavy atom. The molecule has 0 aliphatic heterocycles. The fourth-order valence-corrected chi connectivity index (χ4v) is 1.76. The van der Waals surface area contributed by atoms with Gasteiger partial charge in [-0.15, -0.1) is 0 Å². The zero-order chi connectivity index (χ0) is 14.1. The first kappa shape index (κ1) is 15.0. The molecule has 0 saturated carbocycles. The number of hydrogen-bond acceptors (Lipinski definition) is 2. The maximum absolute atomic E-state index is 7.72. The Hall–Kier alpha value is -2.09. The van der Waals surface area contributed by atoms with Crippen LogP contribution in [0.15, 0.2) is 54.6 Å². The van der Waals surface area contributed by atoms with Gasteiger partial charge in [0.25, 0.3) is 0 Å². The Labute approximate surface area is 116 Å². The first-order valence-corrected chi connectivity index (χ1v) is 6.70. The molecule has 0 heterocycles. The highest BCUT2D eigenvalue weighted by Crippen LogP contribution is 2.16. The van der Waals surface area contributed by atoms with E-state index >= 15 is 0 Å². The SMILES string of the molecule is CC.CC(=N)c1ccccc1NCc1ccccc1. The van der Waals surface area contributed by atoms with Crippen LogP contribution < -0.4 is 5.32 Å². The van der Waals surface area contributed by atoms with Crippen LogP contribution in [0.5, 0.6) is 0 Å². The monoisotopic (exact) mass is 254 g/mol. The molecule has 2 rings (SSSR count). The average molecular weight is 254 g/mol. The molecule has 19 heavy (non-hydrogen) atoms.